The van der Waals surface area contributed by atoms with Crippen molar-refractivity contribution in [1.82, 2.24) is 9.88 Å². The number of benzene rings is 1. The molecule has 5 nitrogen and oxygen atoms in total. The second-order valence-corrected chi connectivity index (χ2v) is 5.51. The molecule has 2 rings (SSSR count). The first-order valence-electron chi connectivity index (χ1n) is 7.07. The van der Waals surface area contributed by atoms with E-state index in [9.17, 15) is 14.7 Å². The van der Waals surface area contributed by atoms with Crippen LogP contribution < -0.4 is 5.32 Å². The first kappa shape index (κ1) is 15.1. The van der Waals surface area contributed by atoms with Gasteiger partial charge in [-0.15, -0.1) is 0 Å². The van der Waals surface area contributed by atoms with Gasteiger partial charge >= 0.3 is 5.97 Å². The number of nitrogens with zero attached hydrogens (tertiary/aromatic N) is 1. The molecule has 0 aliphatic heterocycles. The fourth-order valence-corrected chi connectivity index (χ4v) is 2.26. The quantitative estimate of drug-likeness (QED) is 0.858. The van der Waals surface area contributed by atoms with Crippen molar-refractivity contribution in [3.63, 3.8) is 0 Å². The van der Waals surface area contributed by atoms with Gasteiger partial charge in [0.2, 0.25) is 5.91 Å². The Morgan fingerprint density at radius 2 is 2.00 bits per heavy atom. The number of amides is 1. The lowest BCUT2D eigenvalue weighted by Crippen LogP contribution is -2.30. The van der Waals surface area contributed by atoms with Crippen LogP contribution in [0.15, 0.2) is 30.3 Å². The summed E-state index contributed by atoms with van der Waals surface area (Å²) in [5, 5.41) is 12.9. The Morgan fingerprint density at radius 1 is 1.29 bits per heavy atom. The zero-order valence-corrected chi connectivity index (χ0v) is 12.3. The zero-order chi connectivity index (χ0) is 15.4. The molecule has 112 valence electrons. The lowest BCUT2D eigenvalue weighted by molar-refractivity contribution is -0.121. The molecule has 1 amide bonds. The smallest absolute Gasteiger partial charge is 0.352 e. The van der Waals surface area contributed by atoms with Gasteiger partial charge in [0.1, 0.15) is 12.2 Å². The van der Waals surface area contributed by atoms with Crippen LogP contribution in [-0.4, -0.2) is 28.1 Å². The molecule has 0 fully saturated rings. The molecule has 2 N–H and O–H groups in total. The van der Waals surface area contributed by atoms with Gasteiger partial charge in [0, 0.05) is 17.4 Å². The number of aromatic nitrogens is 1. The van der Waals surface area contributed by atoms with Crippen molar-refractivity contribution in [2.45, 2.75) is 26.8 Å². The summed E-state index contributed by atoms with van der Waals surface area (Å²) in [6.07, 6.45) is 0.907. The molecule has 0 saturated heterocycles. The average Bonchev–Trinajstić information content (AvgIpc) is 2.77. The number of aromatic carboxylic acids is 1. The molecule has 0 spiro atoms. The first-order valence-corrected chi connectivity index (χ1v) is 7.07. The maximum absolute atomic E-state index is 12.0. The maximum Gasteiger partial charge on any atom is 0.352 e. The lowest BCUT2D eigenvalue weighted by atomic mass is 10.1. The molecule has 1 heterocycles. The Bertz CT molecular complexity index is 659. The van der Waals surface area contributed by atoms with E-state index in [-0.39, 0.29) is 18.1 Å². The van der Waals surface area contributed by atoms with Gasteiger partial charge in [-0.05, 0) is 24.5 Å². The fraction of sp³-hybridized carbons (Fsp3) is 0.375. The minimum absolute atomic E-state index is 0.0211. The minimum atomic E-state index is -1.03. The molecule has 0 bridgehead atoms. The summed E-state index contributed by atoms with van der Waals surface area (Å²) >= 11 is 0. The summed E-state index contributed by atoms with van der Waals surface area (Å²) in [5.41, 5.74) is 0.893. The van der Waals surface area contributed by atoms with Crippen molar-refractivity contribution < 1.29 is 14.7 Å². The number of nitrogens with one attached hydrogen (secondary N) is 1. The third kappa shape index (κ3) is 3.62. The predicted octanol–water partition coefficient (Wildman–Crippen LogP) is 2.50. The molecule has 0 aliphatic carbocycles. The highest BCUT2D eigenvalue weighted by atomic mass is 16.4. The van der Waals surface area contributed by atoms with Gasteiger partial charge in [0.15, 0.2) is 0 Å². The van der Waals surface area contributed by atoms with Crippen molar-refractivity contribution in [1.29, 1.82) is 0 Å². The van der Waals surface area contributed by atoms with Gasteiger partial charge < -0.3 is 15.0 Å². The van der Waals surface area contributed by atoms with Gasteiger partial charge in [-0.3, -0.25) is 4.79 Å². The first-order chi connectivity index (χ1) is 9.99. The summed E-state index contributed by atoms with van der Waals surface area (Å²) in [6, 6.07) is 8.94. The van der Waals surface area contributed by atoms with Crippen molar-refractivity contribution in [3.05, 3.63) is 36.0 Å². The Hall–Kier alpha value is -2.30. The number of fused-ring (bicyclic) bond motifs is 1. The summed E-state index contributed by atoms with van der Waals surface area (Å²) < 4.78 is 1.54. The fourth-order valence-electron chi connectivity index (χ4n) is 2.26. The predicted molar refractivity (Wildman–Crippen MR) is 81.4 cm³/mol. The van der Waals surface area contributed by atoms with Crippen LogP contribution in [0.2, 0.25) is 0 Å². The Kier molecular flexibility index (Phi) is 4.62. The molecular formula is C16H20N2O3. The Morgan fingerprint density at radius 3 is 2.67 bits per heavy atom. The topological polar surface area (TPSA) is 71.3 Å². The van der Waals surface area contributed by atoms with Crippen LogP contribution in [0.5, 0.6) is 0 Å². The number of rotatable bonds is 6. The van der Waals surface area contributed by atoms with Crippen LogP contribution in [0.1, 0.15) is 30.8 Å². The zero-order valence-electron chi connectivity index (χ0n) is 12.3. The molecule has 0 unspecified atom stereocenters. The van der Waals surface area contributed by atoms with Crippen LogP contribution >= 0.6 is 0 Å². The summed E-state index contributed by atoms with van der Waals surface area (Å²) in [5.74, 6) is -0.673. The van der Waals surface area contributed by atoms with Crippen LogP contribution in [0.3, 0.4) is 0 Å². The summed E-state index contributed by atoms with van der Waals surface area (Å²) in [6.45, 7) is 4.81. The standard InChI is InChI=1S/C16H20N2O3/c1-11(2)7-8-17-15(19)10-18-13-6-4-3-5-12(13)9-14(18)16(20)21/h3-6,9,11H,7-8,10H2,1-2H3,(H,17,19)(H,20,21). The van der Waals surface area contributed by atoms with E-state index in [1.807, 2.05) is 24.3 Å². The maximum atomic E-state index is 12.0. The Labute approximate surface area is 123 Å². The van der Waals surface area contributed by atoms with E-state index in [0.29, 0.717) is 12.5 Å². The van der Waals surface area contributed by atoms with Crippen LogP contribution in [-0.2, 0) is 11.3 Å². The molecule has 0 saturated carbocycles. The van der Waals surface area contributed by atoms with Crippen LogP contribution in [0, 0.1) is 5.92 Å². The van der Waals surface area contributed by atoms with E-state index in [1.54, 1.807) is 10.6 Å². The highest BCUT2D eigenvalue weighted by Crippen LogP contribution is 2.19. The Balaban J connectivity index is 2.18. The molecule has 21 heavy (non-hydrogen) atoms. The number of carboxylic acid groups (broad SMARTS) is 1. The van der Waals surface area contributed by atoms with Crippen molar-refractivity contribution in [3.8, 4) is 0 Å². The highest BCUT2D eigenvalue weighted by molar-refractivity contribution is 5.95. The lowest BCUT2D eigenvalue weighted by Gasteiger charge is -2.10. The summed E-state index contributed by atoms with van der Waals surface area (Å²) in [7, 11) is 0. The van der Waals surface area contributed by atoms with E-state index >= 15 is 0 Å². The summed E-state index contributed by atoms with van der Waals surface area (Å²) in [4.78, 5) is 23.3. The molecule has 1 aromatic carbocycles. The van der Waals surface area contributed by atoms with Gasteiger partial charge in [0.25, 0.3) is 0 Å². The molecule has 5 heteroatoms. The number of hydrogen-bond donors (Lipinski definition) is 2. The minimum Gasteiger partial charge on any atom is -0.477 e. The normalized spacial score (nSPS) is 11.0. The second-order valence-electron chi connectivity index (χ2n) is 5.51. The number of para-hydroxylation sites is 1. The van der Waals surface area contributed by atoms with E-state index in [2.05, 4.69) is 19.2 Å². The third-order valence-corrected chi connectivity index (χ3v) is 3.38. The third-order valence-electron chi connectivity index (χ3n) is 3.38. The van der Waals surface area contributed by atoms with E-state index in [4.69, 9.17) is 0 Å². The molecule has 2 aromatic rings. The largest absolute Gasteiger partial charge is 0.477 e. The highest BCUT2D eigenvalue weighted by Gasteiger charge is 2.16. The van der Waals surface area contributed by atoms with E-state index in [0.717, 1.165) is 17.3 Å². The number of carbonyl (C=O) groups is 2. The average molecular weight is 288 g/mol. The monoisotopic (exact) mass is 288 g/mol. The molecule has 0 atom stereocenters. The number of carbonyl (C=O) groups excluding carboxylic acids is 1. The van der Waals surface area contributed by atoms with Crippen molar-refractivity contribution >= 4 is 22.8 Å². The van der Waals surface area contributed by atoms with Crippen LogP contribution in [0.25, 0.3) is 10.9 Å². The second kappa shape index (κ2) is 6.43. The molecule has 1 aromatic heterocycles. The molecular weight excluding hydrogens is 268 g/mol. The van der Waals surface area contributed by atoms with Crippen LogP contribution in [0.4, 0.5) is 0 Å². The molecule has 0 aliphatic rings. The van der Waals surface area contributed by atoms with E-state index in [1.165, 1.54) is 0 Å². The van der Waals surface area contributed by atoms with Gasteiger partial charge in [-0.25, -0.2) is 4.79 Å². The SMILES string of the molecule is CC(C)CCNC(=O)Cn1c(C(=O)O)cc2ccccc21. The van der Waals surface area contributed by atoms with Gasteiger partial charge in [0.05, 0.1) is 0 Å². The van der Waals surface area contributed by atoms with Crippen molar-refractivity contribution in [2.24, 2.45) is 5.92 Å². The number of hydrogen-bond acceptors (Lipinski definition) is 2. The number of carboxylic acids is 1. The van der Waals surface area contributed by atoms with Gasteiger partial charge in [-0.1, -0.05) is 32.0 Å². The molecule has 0 radical (unpaired) electrons. The van der Waals surface area contributed by atoms with Gasteiger partial charge in [-0.2, -0.15) is 0 Å². The van der Waals surface area contributed by atoms with E-state index < -0.39 is 5.97 Å². The van der Waals surface area contributed by atoms with Crippen molar-refractivity contribution in [2.75, 3.05) is 6.54 Å².